The van der Waals surface area contributed by atoms with Crippen molar-refractivity contribution in [2.24, 2.45) is 11.3 Å². The summed E-state index contributed by atoms with van der Waals surface area (Å²) in [5.41, 5.74) is 0.539. The number of methoxy groups -OCH3 is 1. The third-order valence-corrected chi connectivity index (χ3v) is 5.17. The highest BCUT2D eigenvalue weighted by Gasteiger charge is 2.52. The highest BCUT2D eigenvalue weighted by molar-refractivity contribution is 6.33. The topological polar surface area (TPSA) is 42.0 Å². The Morgan fingerprint density at radius 1 is 1.52 bits per heavy atom. The number of hydrogen-bond donors (Lipinski definition) is 0. The molecule has 2 atom stereocenters. The number of halogens is 1. The van der Waals surface area contributed by atoms with Gasteiger partial charge in [0.15, 0.2) is 0 Å². The van der Waals surface area contributed by atoms with E-state index in [1.807, 2.05) is 4.90 Å². The summed E-state index contributed by atoms with van der Waals surface area (Å²) in [6.45, 7) is 3.80. The van der Waals surface area contributed by atoms with Crippen molar-refractivity contribution in [2.45, 2.75) is 0 Å². The summed E-state index contributed by atoms with van der Waals surface area (Å²) in [5.74, 6) is 1.00. The molecule has 2 aliphatic heterocycles. The van der Waals surface area contributed by atoms with E-state index in [0.29, 0.717) is 35.4 Å². The van der Waals surface area contributed by atoms with Crippen LogP contribution in [0.25, 0.3) is 0 Å². The van der Waals surface area contributed by atoms with Crippen molar-refractivity contribution in [2.75, 3.05) is 54.1 Å². The van der Waals surface area contributed by atoms with Gasteiger partial charge in [-0.25, -0.2) is 0 Å². The molecule has 126 valence electrons. The van der Waals surface area contributed by atoms with Gasteiger partial charge in [-0.1, -0.05) is 11.6 Å². The maximum absolute atomic E-state index is 12.9. The summed E-state index contributed by atoms with van der Waals surface area (Å²) in [4.78, 5) is 17.0. The Balaban J connectivity index is 1.82. The first-order valence-corrected chi connectivity index (χ1v) is 8.18. The van der Waals surface area contributed by atoms with E-state index in [2.05, 4.69) is 19.0 Å². The Labute approximate surface area is 142 Å². The van der Waals surface area contributed by atoms with Gasteiger partial charge in [0.25, 0.3) is 5.91 Å². The molecule has 0 radical (unpaired) electrons. The van der Waals surface area contributed by atoms with Gasteiger partial charge < -0.3 is 19.3 Å². The molecule has 0 bridgehead atoms. The minimum atomic E-state index is -0.0265. The fourth-order valence-electron chi connectivity index (χ4n) is 3.81. The number of amides is 1. The highest BCUT2D eigenvalue weighted by atomic mass is 35.5. The van der Waals surface area contributed by atoms with Crippen LogP contribution in [-0.4, -0.2) is 69.8 Å². The van der Waals surface area contributed by atoms with Crippen LogP contribution in [0.5, 0.6) is 5.75 Å². The molecule has 5 nitrogen and oxygen atoms in total. The van der Waals surface area contributed by atoms with Crippen molar-refractivity contribution in [1.29, 1.82) is 0 Å². The minimum Gasteiger partial charge on any atom is -0.497 e. The first kappa shape index (κ1) is 16.6. The van der Waals surface area contributed by atoms with Crippen LogP contribution in [-0.2, 0) is 4.74 Å². The van der Waals surface area contributed by atoms with Crippen molar-refractivity contribution >= 4 is 17.5 Å². The van der Waals surface area contributed by atoms with Crippen molar-refractivity contribution in [3.8, 4) is 5.75 Å². The average Bonchev–Trinajstić information content (AvgIpc) is 3.02. The lowest BCUT2D eigenvalue weighted by molar-refractivity contribution is 0.0697. The first-order valence-electron chi connectivity index (χ1n) is 7.80. The van der Waals surface area contributed by atoms with Crippen LogP contribution < -0.4 is 4.74 Å². The number of rotatable bonds is 4. The molecule has 0 saturated carbocycles. The predicted molar refractivity (Wildman–Crippen MR) is 89.2 cm³/mol. The molecule has 0 N–H and O–H groups in total. The summed E-state index contributed by atoms with van der Waals surface area (Å²) in [6, 6.07) is 5.19. The zero-order chi connectivity index (χ0) is 16.6. The normalized spacial score (nSPS) is 26.7. The molecule has 0 spiro atoms. The van der Waals surface area contributed by atoms with Crippen molar-refractivity contribution < 1.29 is 14.3 Å². The van der Waals surface area contributed by atoms with E-state index in [0.717, 1.165) is 19.7 Å². The smallest absolute Gasteiger partial charge is 0.255 e. The van der Waals surface area contributed by atoms with Crippen molar-refractivity contribution in [1.82, 2.24) is 9.80 Å². The number of ether oxygens (including phenoxy) is 2. The number of carbonyl (C=O) groups is 1. The molecule has 2 fully saturated rings. The van der Waals surface area contributed by atoms with Gasteiger partial charge >= 0.3 is 0 Å². The molecule has 0 aromatic heterocycles. The molecule has 1 aromatic carbocycles. The molecule has 2 saturated heterocycles. The molecular formula is C17H23ClN2O3. The largest absolute Gasteiger partial charge is 0.497 e. The average molecular weight is 339 g/mol. The summed E-state index contributed by atoms with van der Waals surface area (Å²) >= 11 is 6.23. The van der Waals surface area contributed by atoms with E-state index in [1.165, 1.54) is 0 Å². The van der Waals surface area contributed by atoms with E-state index in [4.69, 9.17) is 21.1 Å². The Hall–Kier alpha value is -1.30. The monoisotopic (exact) mass is 338 g/mol. The van der Waals surface area contributed by atoms with E-state index in [-0.39, 0.29) is 11.3 Å². The number of carbonyl (C=O) groups excluding carboxylic acids is 1. The van der Waals surface area contributed by atoms with Gasteiger partial charge in [0, 0.05) is 31.0 Å². The van der Waals surface area contributed by atoms with Gasteiger partial charge in [0.05, 0.1) is 30.9 Å². The number of fused-ring (bicyclic) bond motifs is 1. The fraction of sp³-hybridized carbons (Fsp3) is 0.588. The predicted octanol–water partition coefficient (Wildman–Crippen LogP) is 2.00. The second-order valence-electron chi connectivity index (χ2n) is 6.84. The van der Waals surface area contributed by atoms with Crippen LogP contribution >= 0.6 is 11.6 Å². The summed E-state index contributed by atoms with van der Waals surface area (Å²) in [5, 5.41) is 0.464. The number of hydrogen-bond acceptors (Lipinski definition) is 4. The summed E-state index contributed by atoms with van der Waals surface area (Å²) in [7, 11) is 5.71. The highest BCUT2D eigenvalue weighted by Crippen LogP contribution is 2.42. The molecule has 1 aromatic rings. The van der Waals surface area contributed by atoms with Crippen LogP contribution in [0.15, 0.2) is 18.2 Å². The minimum absolute atomic E-state index is 0.0265. The Morgan fingerprint density at radius 2 is 2.30 bits per heavy atom. The van der Waals surface area contributed by atoms with Gasteiger partial charge in [-0.15, -0.1) is 0 Å². The third-order valence-electron chi connectivity index (χ3n) is 4.84. The Bertz CT molecular complexity index is 608. The Morgan fingerprint density at radius 3 is 3.00 bits per heavy atom. The van der Waals surface area contributed by atoms with Crippen LogP contribution in [0.2, 0.25) is 5.02 Å². The lowest BCUT2D eigenvalue weighted by Gasteiger charge is -2.30. The van der Waals surface area contributed by atoms with Gasteiger partial charge in [-0.2, -0.15) is 0 Å². The molecule has 0 unspecified atom stereocenters. The molecular weight excluding hydrogens is 316 g/mol. The lowest BCUT2D eigenvalue weighted by atomic mass is 9.81. The molecule has 1 amide bonds. The second-order valence-corrected chi connectivity index (χ2v) is 7.25. The van der Waals surface area contributed by atoms with Gasteiger partial charge in [-0.3, -0.25) is 4.79 Å². The van der Waals surface area contributed by atoms with Crippen molar-refractivity contribution in [3.05, 3.63) is 28.8 Å². The number of likely N-dealkylation sites (tertiary alicyclic amines) is 1. The zero-order valence-electron chi connectivity index (χ0n) is 13.8. The van der Waals surface area contributed by atoms with Gasteiger partial charge in [0.2, 0.25) is 0 Å². The summed E-state index contributed by atoms with van der Waals surface area (Å²) in [6.07, 6.45) is 0. The molecule has 2 heterocycles. The molecule has 2 aliphatic rings. The lowest BCUT2D eigenvalue weighted by Crippen LogP contribution is -2.41. The maximum atomic E-state index is 12.9. The quantitative estimate of drug-likeness (QED) is 0.842. The SMILES string of the molecule is COc1ccc(Cl)c(C(=O)N2C[C@@H]3COC[C@]3(CN(C)C)C2)c1. The first-order chi connectivity index (χ1) is 10.9. The summed E-state index contributed by atoms with van der Waals surface area (Å²) < 4.78 is 10.9. The van der Waals surface area contributed by atoms with E-state index in [1.54, 1.807) is 25.3 Å². The van der Waals surface area contributed by atoms with Crippen molar-refractivity contribution in [3.63, 3.8) is 0 Å². The standard InChI is InChI=1S/C17H23ClN2O3/c1-19(2)9-17-10-20(7-12(17)8-23-11-17)16(21)14-6-13(22-3)4-5-15(14)18/h4-6,12H,7-11H2,1-3H3/t12-,17+/m1/s1. The van der Waals surface area contributed by atoms with Crippen LogP contribution in [0.3, 0.4) is 0 Å². The van der Waals surface area contributed by atoms with Gasteiger partial charge in [0.1, 0.15) is 5.75 Å². The molecule has 3 rings (SSSR count). The third kappa shape index (κ3) is 3.05. The zero-order valence-corrected chi connectivity index (χ0v) is 14.6. The maximum Gasteiger partial charge on any atom is 0.255 e. The van der Waals surface area contributed by atoms with Crippen LogP contribution in [0.1, 0.15) is 10.4 Å². The molecule has 0 aliphatic carbocycles. The van der Waals surface area contributed by atoms with Crippen LogP contribution in [0.4, 0.5) is 0 Å². The van der Waals surface area contributed by atoms with E-state index >= 15 is 0 Å². The fourth-order valence-corrected chi connectivity index (χ4v) is 4.00. The van der Waals surface area contributed by atoms with E-state index in [9.17, 15) is 4.79 Å². The van der Waals surface area contributed by atoms with E-state index < -0.39 is 0 Å². The van der Waals surface area contributed by atoms with Crippen LogP contribution in [0, 0.1) is 11.3 Å². The number of nitrogens with zero attached hydrogens (tertiary/aromatic N) is 2. The number of benzene rings is 1. The second kappa shape index (κ2) is 6.30. The molecule has 6 heteroatoms. The van der Waals surface area contributed by atoms with Gasteiger partial charge in [-0.05, 0) is 32.3 Å². The molecule has 23 heavy (non-hydrogen) atoms. The Kier molecular flexibility index (Phi) is 4.54.